The van der Waals surface area contributed by atoms with Crippen LogP contribution in [0.1, 0.15) is 48.9 Å². The third-order valence-electron chi connectivity index (χ3n) is 4.93. The Balaban J connectivity index is 1.47. The van der Waals surface area contributed by atoms with Crippen molar-refractivity contribution in [2.75, 3.05) is 18.5 Å². The fourth-order valence-electron chi connectivity index (χ4n) is 3.56. The van der Waals surface area contributed by atoms with Crippen molar-refractivity contribution >= 4 is 11.7 Å². The highest BCUT2D eigenvalue weighted by Crippen LogP contribution is 2.29. The monoisotopic (exact) mass is 301 g/mol. The SMILES string of the molecule is O=C(c1ccc(NC2CC2)nc1)N1CCO[C@H]2CCCC[C@@H]21. The van der Waals surface area contributed by atoms with Gasteiger partial charge in [0.15, 0.2) is 0 Å². The number of hydrogen-bond donors (Lipinski definition) is 1. The van der Waals surface area contributed by atoms with Crippen molar-refractivity contribution in [3.63, 3.8) is 0 Å². The number of nitrogens with one attached hydrogen (secondary N) is 1. The number of anilines is 1. The molecule has 5 heteroatoms. The molecule has 5 nitrogen and oxygen atoms in total. The Morgan fingerprint density at radius 1 is 1.23 bits per heavy atom. The Morgan fingerprint density at radius 2 is 2.09 bits per heavy atom. The van der Waals surface area contributed by atoms with Gasteiger partial charge in [0, 0.05) is 18.8 Å². The van der Waals surface area contributed by atoms with Crippen LogP contribution in [0.3, 0.4) is 0 Å². The van der Waals surface area contributed by atoms with E-state index in [0.29, 0.717) is 24.8 Å². The highest BCUT2D eigenvalue weighted by molar-refractivity contribution is 5.94. The third kappa shape index (κ3) is 2.82. The Morgan fingerprint density at radius 3 is 2.86 bits per heavy atom. The molecule has 1 aromatic heterocycles. The van der Waals surface area contributed by atoms with Gasteiger partial charge in [-0.25, -0.2) is 4.98 Å². The molecule has 2 saturated carbocycles. The summed E-state index contributed by atoms with van der Waals surface area (Å²) in [7, 11) is 0. The molecule has 1 saturated heterocycles. The number of ether oxygens (including phenoxy) is 1. The van der Waals surface area contributed by atoms with E-state index in [9.17, 15) is 4.79 Å². The summed E-state index contributed by atoms with van der Waals surface area (Å²) in [5, 5.41) is 3.35. The van der Waals surface area contributed by atoms with Crippen LogP contribution in [0.2, 0.25) is 0 Å². The van der Waals surface area contributed by atoms with Crippen LogP contribution in [0, 0.1) is 0 Å². The molecule has 1 N–H and O–H groups in total. The topological polar surface area (TPSA) is 54.5 Å². The average Bonchev–Trinajstić information content (AvgIpc) is 3.38. The van der Waals surface area contributed by atoms with E-state index in [2.05, 4.69) is 10.3 Å². The first-order valence-electron chi connectivity index (χ1n) is 8.46. The number of fused-ring (bicyclic) bond motifs is 1. The molecule has 118 valence electrons. The van der Waals surface area contributed by atoms with E-state index in [0.717, 1.165) is 18.7 Å². The minimum atomic E-state index is 0.102. The highest BCUT2D eigenvalue weighted by Gasteiger charge is 2.37. The summed E-state index contributed by atoms with van der Waals surface area (Å²) in [6.45, 7) is 1.35. The maximum absolute atomic E-state index is 12.8. The van der Waals surface area contributed by atoms with Gasteiger partial charge in [0.05, 0.1) is 24.3 Å². The molecule has 0 spiro atoms. The molecule has 22 heavy (non-hydrogen) atoms. The number of morpholine rings is 1. The van der Waals surface area contributed by atoms with Gasteiger partial charge in [0.1, 0.15) is 5.82 Å². The second-order valence-electron chi connectivity index (χ2n) is 6.61. The molecule has 2 atom stereocenters. The fraction of sp³-hybridized carbons (Fsp3) is 0.647. The van der Waals surface area contributed by atoms with Crippen LogP contribution >= 0.6 is 0 Å². The van der Waals surface area contributed by atoms with Crippen molar-refractivity contribution in [2.45, 2.75) is 56.7 Å². The van der Waals surface area contributed by atoms with Gasteiger partial charge in [-0.1, -0.05) is 12.8 Å². The first kappa shape index (κ1) is 14.0. The Labute approximate surface area is 131 Å². The smallest absolute Gasteiger partial charge is 0.255 e. The van der Waals surface area contributed by atoms with E-state index in [-0.39, 0.29) is 18.1 Å². The molecule has 2 aliphatic carbocycles. The molecule has 4 rings (SSSR count). The van der Waals surface area contributed by atoms with E-state index < -0.39 is 0 Å². The van der Waals surface area contributed by atoms with Gasteiger partial charge in [0.2, 0.25) is 0 Å². The lowest BCUT2D eigenvalue weighted by Crippen LogP contribution is -2.54. The van der Waals surface area contributed by atoms with Crippen molar-refractivity contribution in [3.05, 3.63) is 23.9 Å². The minimum Gasteiger partial charge on any atom is -0.374 e. The highest BCUT2D eigenvalue weighted by atomic mass is 16.5. The Kier molecular flexibility index (Phi) is 3.74. The number of nitrogens with zero attached hydrogens (tertiary/aromatic N) is 2. The molecular weight excluding hydrogens is 278 g/mol. The molecule has 2 heterocycles. The number of carbonyl (C=O) groups excluding carboxylic acids is 1. The first-order valence-corrected chi connectivity index (χ1v) is 8.46. The van der Waals surface area contributed by atoms with E-state index in [1.54, 1.807) is 6.20 Å². The molecule has 0 unspecified atom stereocenters. The number of hydrogen-bond acceptors (Lipinski definition) is 4. The normalized spacial score (nSPS) is 28.1. The van der Waals surface area contributed by atoms with Crippen LogP contribution in [0.5, 0.6) is 0 Å². The molecule has 0 radical (unpaired) electrons. The maximum Gasteiger partial charge on any atom is 0.255 e. The van der Waals surface area contributed by atoms with Gasteiger partial charge in [-0.3, -0.25) is 4.79 Å². The molecule has 1 aromatic rings. The predicted molar refractivity (Wildman–Crippen MR) is 83.9 cm³/mol. The lowest BCUT2D eigenvalue weighted by molar-refractivity contribution is -0.0752. The molecule has 3 fully saturated rings. The number of amides is 1. The van der Waals surface area contributed by atoms with Crippen LogP contribution in [-0.4, -0.2) is 47.1 Å². The zero-order valence-corrected chi connectivity index (χ0v) is 12.8. The standard InChI is InChI=1S/C17H23N3O2/c21-17(12-5-8-16(18-11-12)19-13-6-7-13)20-9-10-22-15-4-2-1-3-14(15)20/h5,8,11,13-15H,1-4,6-7,9-10H2,(H,18,19)/t14-,15-/m0/s1. The zero-order valence-electron chi connectivity index (χ0n) is 12.8. The molecule has 1 amide bonds. The van der Waals surface area contributed by atoms with Gasteiger partial charge in [-0.15, -0.1) is 0 Å². The second-order valence-corrected chi connectivity index (χ2v) is 6.61. The van der Waals surface area contributed by atoms with Gasteiger partial charge >= 0.3 is 0 Å². The number of aromatic nitrogens is 1. The van der Waals surface area contributed by atoms with Gasteiger partial charge in [-0.05, 0) is 37.8 Å². The van der Waals surface area contributed by atoms with E-state index in [1.807, 2.05) is 17.0 Å². The van der Waals surface area contributed by atoms with Crippen molar-refractivity contribution in [1.82, 2.24) is 9.88 Å². The van der Waals surface area contributed by atoms with Crippen LogP contribution in [0.15, 0.2) is 18.3 Å². The number of rotatable bonds is 3. The van der Waals surface area contributed by atoms with E-state index in [1.165, 1.54) is 25.7 Å². The average molecular weight is 301 g/mol. The first-order chi connectivity index (χ1) is 10.8. The molecule has 0 bridgehead atoms. The summed E-state index contributed by atoms with van der Waals surface area (Å²) in [5.74, 6) is 0.974. The van der Waals surface area contributed by atoms with E-state index >= 15 is 0 Å². The van der Waals surface area contributed by atoms with Crippen LogP contribution in [0.25, 0.3) is 0 Å². The quantitative estimate of drug-likeness (QED) is 0.931. The fourth-order valence-corrected chi connectivity index (χ4v) is 3.56. The zero-order chi connectivity index (χ0) is 14.9. The Bertz CT molecular complexity index is 539. The van der Waals surface area contributed by atoms with Gasteiger partial charge in [-0.2, -0.15) is 0 Å². The van der Waals surface area contributed by atoms with Crippen molar-refractivity contribution in [3.8, 4) is 0 Å². The molecule has 0 aromatic carbocycles. The second kappa shape index (κ2) is 5.88. The lowest BCUT2D eigenvalue weighted by atomic mass is 9.90. The van der Waals surface area contributed by atoms with Crippen molar-refractivity contribution in [1.29, 1.82) is 0 Å². The van der Waals surface area contributed by atoms with Gasteiger partial charge < -0.3 is 15.0 Å². The molecular formula is C17H23N3O2. The van der Waals surface area contributed by atoms with Crippen molar-refractivity contribution < 1.29 is 9.53 Å². The van der Waals surface area contributed by atoms with Crippen LogP contribution in [-0.2, 0) is 4.74 Å². The summed E-state index contributed by atoms with van der Waals surface area (Å²) in [4.78, 5) is 19.2. The maximum atomic E-state index is 12.8. The summed E-state index contributed by atoms with van der Waals surface area (Å²) in [5.41, 5.74) is 0.688. The minimum absolute atomic E-state index is 0.102. The predicted octanol–water partition coefficient (Wildman–Crippen LogP) is 2.44. The number of pyridine rings is 1. The van der Waals surface area contributed by atoms with Crippen molar-refractivity contribution in [2.24, 2.45) is 0 Å². The van der Waals surface area contributed by atoms with Crippen LogP contribution in [0.4, 0.5) is 5.82 Å². The largest absolute Gasteiger partial charge is 0.374 e. The summed E-state index contributed by atoms with van der Waals surface area (Å²) in [6, 6.07) is 4.65. The molecule has 1 aliphatic heterocycles. The van der Waals surface area contributed by atoms with Gasteiger partial charge in [0.25, 0.3) is 5.91 Å². The van der Waals surface area contributed by atoms with E-state index in [4.69, 9.17) is 4.74 Å². The summed E-state index contributed by atoms with van der Waals surface area (Å²) >= 11 is 0. The van der Waals surface area contributed by atoms with Crippen LogP contribution < -0.4 is 5.32 Å². The molecule has 3 aliphatic rings. The summed E-state index contributed by atoms with van der Waals surface area (Å²) in [6.07, 6.45) is 8.93. The Hall–Kier alpha value is -1.62. The summed E-state index contributed by atoms with van der Waals surface area (Å²) < 4.78 is 5.85. The third-order valence-corrected chi connectivity index (χ3v) is 4.93. The lowest BCUT2D eigenvalue weighted by Gasteiger charge is -2.43. The number of carbonyl (C=O) groups is 1.